The minimum absolute atomic E-state index is 0.436. The van der Waals surface area contributed by atoms with E-state index in [0.717, 1.165) is 24.2 Å². The normalized spacial score (nSPS) is 10.0. The number of hydrogen-bond acceptors (Lipinski definition) is 5. The van der Waals surface area contributed by atoms with Crippen molar-refractivity contribution < 1.29 is 0 Å². The highest BCUT2D eigenvalue weighted by Crippen LogP contribution is 2.19. The van der Waals surface area contributed by atoms with Gasteiger partial charge in [0.2, 0.25) is 0 Å². The third kappa shape index (κ3) is 2.61. The molecule has 0 fully saturated rings. The maximum atomic E-state index is 8.85. The summed E-state index contributed by atoms with van der Waals surface area (Å²) in [6.07, 6.45) is 4.92. The highest BCUT2D eigenvalue weighted by atomic mass is 14.9. The van der Waals surface area contributed by atoms with Gasteiger partial charge in [-0.05, 0) is 12.5 Å². The number of nitriles is 1. The summed E-state index contributed by atoms with van der Waals surface area (Å²) in [7, 11) is 0. The van der Waals surface area contributed by atoms with E-state index in [0.29, 0.717) is 17.1 Å². The number of rotatable bonds is 3. The number of aryl methyl sites for hydroxylation is 1. The van der Waals surface area contributed by atoms with Crippen molar-refractivity contribution in [2.75, 3.05) is 5.73 Å². The summed E-state index contributed by atoms with van der Waals surface area (Å²) < 4.78 is 0. The van der Waals surface area contributed by atoms with E-state index in [2.05, 4.69) is 27.9 Å². The zero-order valence-corrected chi connectivity index (χ0v) is 10.1. The maximum absolute atomic E-state index is 8.85. The molecule has 0 aromatic carbocycles. The molecule has 0 aliphatic heterocycles. The first kappa shape index (κ1) is 12.0. The minimum Gasteiger partial charge on any atom is -0.384 e. The Bertz CT molecular complexity index is 601. The third-order valence-electron chi connectivity index (χ3n) is 2.43. The average Bonchev–Trinajstić information content (AvgIpc) is 2.38. The van der Waals surface area contributed by atoms with E-state index in [4.69, 9.17) is 11.0 Å². The molecule has 0 unspecified atom stereocenters. The lowest BCUT2D eigenvalue weighted by molar-refractivity contribution is 0.839. The predicted molar refractivity (Wildman–Crippen MR) is 68.4 cm³/mol. The Balaban J connectivity index is 2.46. The Morgan fingerprint density at radius 2 is 2.11 bits per heavy atom. The second-order valence-corrected chi connectivity index (χ2v) is 3.92. The van der Waals surface area contributed by atoms with Crippen LogP contribution in [0.25, 0.3) is 11.3 Å². The Kier molecular flexibility index (Phi) is 3.49. The van der Waals surface area contributed by atoms with Crippen LogP contribution >= 0.6 is 0 Å². The summed E-state index contributed by atoms with van der Waals surface area (Å²) >= 11 is 0. The summed E-state index contributed by atoms with van der Waals surface area (Å²) in [5, 5.41) is 8.85. The molecule has 2 aromatic heterocycles. The smallest absolute Gasteiger partial charge is 0.131 e. The van der Waals surface area contributed by atoms with Crippen LogP contribution in [0.4, 0.5) is 5.82 Å². The van der Waals surface area contributed by atoms with Gasteiger partial charge in [0.1, 0.15) is 17.7 Å². The van der Waals surface area contributed by atoms with Crippen LogP contribution in [0.1, 0.15) is 24.7 Å². The zero-order valence-electron chi connectivity index (χ0n) is 10.1. The number of pyridine rings is 1. The zero-order chi connectivity index (χ0) is 13.0. The largest absolute Gasteiger partial charge is 0.384 e. The molecule has 0 spiro atoms. The Morgan fingerprint density at radius 3 is 2.83 bits per heavy atom. The second-order valence-electron chi connectivity index (χ2n) is 3.92. The molecule has 90 valence electrons. The molecule has 18 heavy (non-hydrogen) atoms. The number of nitrogens with two attached hydrogens (primary N) is 1. The van der Waals surface area contributed by atoms with E-state index in [9.17, 15) is 0 Å². The van der Waals surface area contributed by atoms with E-state index < -0.39 is 0 Å². The fraction of sp³-hybridized carbons (Fsp3) is 0.231. The van der Waals surface area contributed by atoms with E-state index in [1.807, 2.05) is 0 Å². The van der Waals surface area contributed by atoms with Crippen LogP contribution in [0.2, 0.25) is 0 Å². The van der Waals surface area contributed by atoms with Gasteiger partial charge in [-0.2, -0.15) is 5.26 Å². The lowest BCUT2D eigenvalue weighted by atomic mass is 10.1. The molecule has 2 rings (SSSR count). The number of nitrogens with zero attached hydrogens (tertiary/aromatic N) is 4. The highest BCUT2D eigenvalue weighted by molar-refractivity contribution is 5.62. The van der Waals surface area contributed by atoms with Crippen LogP contribution in [-0.2, 0) is 6.42 Å². The molecule has 0 aliphatic carbocycles. The molecule has 5 heteroatoms. The fourth-order valence-electron chi connectivity index (χ4n) is 1.64. The molecular formula is C13H13N5. The quantitative estimate of drug-likeness (QED) is 0.884. The van der Waals surface area contributed by atoms with Crippen molar-refractivity contribution in [3.8, 4) is 17.3 Å². The average molecular weight is 239 g/mol. The molecule has 2 aromatic rings. The first-order chi connectivity index (χ1) is 8.72. The van der Waals surface area contributed by atoms with Crippen molar-refractivity contribution in [1.82, 2.24) is 15.0 Å². The van der Waals surface area contributed by atoms with Crippen molar-refractivity contribution in [3.63, 3.8) is 0 Å². The van der Waals surface area contributed by atoms with Crippen LogP contribution in [0.5, 0.6) is 0 Å². The van der Waals surface area contributed by atoms with Crippen LogP contribution in [-0.4, -0.2) is 15.0 Å². The number of aromatic nitrogens is 3. The standard InChI is InChI=1S/C13H13N5/c1-2-3-13-17-11(5-12(15)18-13)10-4-9(6-14)7-16-8-10/h4-5,7-8H,2-3H2,1H3,(H2,15,17,18). The molecule has 0 saturated carbocycles. The van der Waals surface area contributed by atoms with E-state index in [-0.39, 0.29) is 0 Å². The first-order valence-electron chi connectivity index (χ1n) is 5.72. The fourth-order valence-corrected chi connectivity index (χ4v) is 1.64. The van der Waals surface area contributed by atoms with Gasteiger partial charge < -0.3 is 5.73 Å². The van der Waals surface area contributed by atoms with Crippen molar-refractivity contribution in [3.05, 3.63) is 35.9 Å². The van der Waals surface area contributed by atoms with Crippen LogP contribution < -0.4 is 5.73 Å². The molecule has 2 N–H and O–H groups in total. The summed E-state index contributed by atoms with van der Waals surface area (Å²) in [6, 6.07) is 5.49. The van der Waals surface area contributed by atoms with Gasteiger partial charge in [0.05, 0.1) is 11.3 Å². The summed E-state index contributed by atoms with van der Waals surface area (Å²) in [4.78, 5) is 12.6. The number of hydrogen-bond donors (Lipinski definition) is 1. The van der Waals surface area contributed by atoms with Gasteiger partial charge in [0.15, 0.2) is 0 Å². The maximum Gasteiger partial charge on any atom is 0.131 e. The van der Waals surface area contributed by atoms with Gasteiger partial charge in [-0.3, -0.25) is 4.98 Å². The van der Waals surface area contributed by atoms with Gasteiger partial charge >= 0.3 is 0 Å². The van der Waals surface area contributed by atoms with Crippen molar-refractivity contribution in [1.29, 1.82) is 5.26 Å². The van der Waals surface area contributed by atoms with Crippen LogP contribution in [0.3, 0.4) is 0 Å². The molecule has 0 saturated heterocycles. The van der Waals surface area contributed by atoms with Gasteiger partial charge in [-0.1, -0.05) is 6.92 Å². The first-order valence-corrected chi connectivity index (χ1v) is 5.72. The Morgan fingerprint density at radius 1 is 1.28 bits per heavy atom. The Hall–Kier alpha value is -2.48. The molecule has 5 nitrogen and oxygen atoms in total. The van der Waals surface area contributed by atoms with Crippen molar-refractivity contribution in [2.24, 2.45) is 0 Å². The minimum atomic E-state index is 0.436. The van der Waals surface area contributed by atoms with Crippen LogP contribution in [0, 0.1) is 11.3 Å². The van der Waals surface area contributed by atoms with E-state index >= 15 is 0 Å². The third-order valence-corrected chi connectivity index (χ3v) is 2.43. The van der Waals surface area contributed by atoms with Crippen LogP contribution in [0.15, 0.2) is 24.5 Å². The lowest BCUT2D eigenvalue weighted by Gasteiger charge is -2.05. The number of nitrogen functional groups attached to an aromatic ring is 1. The molecule has 0 amide bonds. The predicted octanol–water partition coefficient (Wildman–Crippen LogP) is 1.94. The van der Waals surface area contributed by atoms with Gasteiger partial charge in [-0.25, -0.2) is 9.97 Å². The second kappa shape index (κ2) is 5.23. The Labute approximate surface area is 105 Å². The summed E-state index contributed by atoms with van der Waals surface area (Å²) in [6.45, 7) is 2.06. The monoisotopic (exact) mass is 239 g/mol. The topological polar surface area (TPSA) is 88.5 Å². The molecule has 0 bridgehead atoms. The lowest BCUT2D eigenvalue weighted by Crippen LogP contribution is -2.01. The molecule has 2 heterocycles. The van der Waals surface area contributed by atoms with Crippen molar-refractivity contribution >= 4 is 5.82 Å². The molecule has 0 aliphatic rings. The van der Waals surface area contributed by atoms with Crippen molar-refractivity contribution in [2.45, 2.75) is 19.8 Å². The summed E-state index contributed by atoms with van der Waals surface area (Å²) in [5.74, 6) is 1.15. The SMILES string of the molecule is CCCc1nc(N)cc(-c2cncc(C#N)c2)n1. The van der Waals surface area contributed by atoms with Gasteiger partial charge in [0.25, 0.3) is 0 Å². The van der Waals surface area contributed by atoms with E-state index in [1.54, 1.807) is 18.3 Å². The highest BCUT2D eigenvalue weighted by Gasteiger charge is 2.06. The molecule has 0 radical (unpaired) electrons. The van der Waals surface area contributed by atoms with Gasteiger partial charge in [0, 0.05) is 30.4 Å². The molecular weight excluding hydrogens is 226 g/mol. The molecule has 0 atom stereocenters. The van der Waals surface area contributed by atoms with Gasteiger partial charge in [-0.15, -0.1) is 0 Å². The number of anilines is 1. The van der Waals surface area contributed by atoms with E-state index in [1.165, 1.54) is 6.20 Å². The summed E-state index contributed by atoms with van der Waals surface area (Å²) in [5.41, 5.74) is 7.75.